The molecule has 0 spiro atoms. The lowest BCUT2D eigenvalue weighted by Crippen LogP contribution is -2.40. The van der Waals surface area contributed by atoms with E-state index in [1.165, 1.54) is 22.3 Å². The van der Waals surface area contributed by atoms with Crippen molar-refractivity contribution in [3.63, 3.8) is 0 Å². The van der Waals surface area contributed by atoms with Crippen LogP contribution in [0.2, 0.25) is 0 Å². The van der Waals surface area contributed by atoms with Crippen molar-refractivity contribution in [2.45, 2.75) is 31.0 Å². The van der Waals surface area contributed by atoms with Crippen LogP contribution in [-0.4, -0.2) is 52.9 Å². The Bertz CT molecular complexity index is 1130. The maximum absolute atomic E-state index is 13.2. The predicted molar refractivity (Wildman–Crippen MR) is 121 cm³/mol. The Labute approximate surface area is 187 Å². The molecule has 1 N–H and O–H groups in total. The van der Waals surface area contributed by atoms with E-state index in [9.17, 15) is 9.90 Å². The summed E-state index contributed by atoms with van der Waals surface area (Å²) in [5.74, 6) is 0.903. The summed E-state index contributed by atoms with van der Waals surface area (Å²) in [6.45, 7) is 1.83. The molecular formula is C26H25N3O3. The first kappa shape index (κ1) is 19.3. The van der Waals surface area contributed by atoms with Crippen molar-refractivity contribution in [1.82, 2.24) is 9.88 Å². The topological polar surface area (TPSA) is 65.9 Å². The highest BCUT2D eigenvalue weighted by atomic mass is 16.6. The molecule has 2 atom stereocenters. The Morgan fingerprint density at radius 3 is 2.47 bits per heavy atom. The summed E-state index contributed by atoms with van der Waals surface area (Å²) in [6, 6.07) is 20.6. The summed E-state index contributed by atoms with van der Waals surface area (Å²) in [4.78, 5) is 21.7. The SMILES string of the molecule is O=C(OCC1c2ccccc2-c2ccccc21)N1Cc2cccnc2N2C[C@H](O)C[C@H]2C1. The zero-order valence-corrected chi connectivity index (χ0v) is 17.7. The molecule has 3 aromatic rings. The van der Waals surface area contributed by atoms with Crippen LogP contribution in [0.15, 0.2) is 66.9 Å². The summed E-state index contributed by atoms with van der Waals surface area (Å²) in [5, 5.41) is 10.2. The molecule has 1 saturated heterocycles. The van der Waals surface area contributed by atoms with Crippen LogP contribution in [0.1, 0.15) is 29.0 Å². The van der Waals surface area contributed by atoms with Crippen molar-refractivity contribution in [2.75, 3.05) is 24.6 Å². The van der Waals surface area contributed by atoms with E-state index >= 15 is 0 Å². The summed E-state index contributed by atoms with van der Waals surface area (Å²) < 4.78 is 5.91. The molecule has 2 aromatic carbocycles. The van der Waals surface area contributed by atoms with E-state index in [2.05, 4.69) is 46.3 Å². The van der Waals surface area contributed by atoms with E-state index in [0.29, 0.717) is 32.7 Å². The third-order valence-electron chi connectivity index (χ3n) is 6.92. The van der Waals surface area contributed by atoms with Gasteiger partial charge in [0.2, 0.25) is 0 Å². The fourth-order valence-electron chi connectivity index (χ4n) is 5.49. The highest BCUT2D eigenvalue weighted by Crippen LogP contribution is 2.44. The molecular weight excluding hydrogens is 402 g/mol. The smallest absolute Gasteiger partial charge is 0.410 e. The minimum Gasteiger partial charge on any atom is -0.448 e. The molecule has 6 nitrogen and oxygen atoms in total. The number of aromatic nitrogens is 1. The minimum absolute atomic E-state index is 0.0390. The first-order chi connectivity index (χ1) is 15.7. The second kappa shape index (κ2) is 7.64. The fourth-order valence-corrected chi connectivity index (χ4v) is 5.49. The molecule has 1 aliphatic carbocycles. The third-order valence-corrected chi connectivity index (χ3v) is 6.92. The van der Waals surface area contributed by atoms with Gasteiger partial charge in [0.15, 0.2) is 0 Å². The zero-order valence-electron chi connectivity index (χ0n) is 17.7. The number of aliphatic hydroxyl groups excluding tert-OH is 1. The Morgan fingerprint density at radius 1 is 1.00 bits per heavy atom. The molecule has 0 radical (unpaired) electrons. The first-order valence-electron chi connectivity index (χ1n) is 11.2. The van der Waals surface area contributed by atoms with E-state index in [0.717, 1.165) is 11.4 Å². The van der Waals surface area contributed by atoms with E-state index < -0.39 is 6.10 Å². The average Bonchev–Trinajstić information content (AvgIpc) is 3.30. The summed E-state index contributed by atoms with van der Waals surface area (Å²) in [6.07, 6.45) is 1.68. The monoisotopic (exact) mass is 427 g/mol. The number of pyridine rings is 1. The molecule has 1 amide bonds. The van der Waals surface area contributed by atoms with Crippen LogP contribution in [0.4, 0.5) is 10.6 Å². The van der Waals surface area contributed by atoms with E-state index in [1.807, 2.05) is 24.3 Å². The lowest BCUT2D eigenvalue weighted by Gasteiger charge is -2.26. The van der Waals surface area contributed by atoms with Crippen molar-refractivity contribution in [3.8, 4) is 11.1 Å². The molecule has 3 aliphatic rings. The van der Waals surface area contributed by atoms with Crippen LogP contribution in [0.3, 0.4) is 0 Å². The quantitative estimate of drug-likeness (QED) is 0.674. The number of amides is 1. The van der Waals surface area contributed by atoms with E-state index in [4.69, 9.17) is 4.74 Å². The highest BCUT2D eigenvalue weighted by molar-refractivity contribution is 5.79. The molecule has 1 fully saturated rings. The number of hydrogen-bond donors (Lipinski definition) is 1. The number of ether oxygens (including phenoxy) is 1. The molecule has 1 aromatic heterocycles. The first-order valence-corrected chi connectivity index (χ1v) is 11.2. The second-order valence-electron chi connectivity index (χ2n) is 8.87. The second-order valence-corrected chi connectivity index (χ2v) is 8.87. The van der Waals surface area contributed by atoms with Crippen molar-refractivity contribution >= 4 is 11.9 Å². The third kappa shape index (κ3) is 3.14. The standard InChI is InChI=1S/C26H25N3O3/c30-19-12-18-14-28(13-17-6-5-11-27-25(17)29(18)15-19)26(31)32-16-24-22-9-3-1-7-20(22)21-8-2-4-10-23(21)24/h1-11,18-19,24,30H,12-16H2/t18-,19+/m0/s1. The molecule has 32 heavy (non-hydrogen) atoms. The lowest BCUT2D eigenvalue weighted by atomic mass is 9.98. The number of benzene rings is 2. The number of rotatable bonds is 2. The van der Waals surface area contributed by atoms with Crippen molar-refractivity contribution in [3.05, 3.63) is 83.6 Å². The van der Waals surface area contributed by atoms with E-state index in [-0.39, 0.29) is 18.1 Å². The van der Waals surface area contributed by atoms with Gasteiger partial charge in [0.25, 0.3) is 0 Å². The normalized spacial score (nSPS) is 21.4. The Morgan fingerprint density at radius 2 is 1.72 bits per heavy atom. The van der Waals surface area contributed by atoms with Gasteiger partial charge in [-0.15, -0.1) is 0 Å². The molecule has 6 rings (SSSR count). The van der Waals surface area contributed by atoms with Gasteiger partial charge in [0, 0.05) is 30.8 Å². The number of anilines is 1. The molecule has 2 aliphatic heterocycles. The fraction of sp³-hybridized carbons (Fsp3) is 0.308. The van der Waals surface area contributed by atoms with Gasteiger partial charge < -0.3 is 19.6 Å². The van der Waals surface area contributed by atoms with Crippen LogP contribution < -0.4 is 4.90 Å². The van der Waals surface area contributed by atoms with Gasteiger partial charge in [-0.3, -0.25) is 0 Å². The average molecular weight is 428 g/mol. The summed E-state index contributed by atoms with van der Waals surface area (Å²) in [7, 11) is 0. The molecule has 0 unspecified atom stereocenters. The highest BCUT2D eigenvalue weighted by Gasteiger charge is 2.38. The zero-order chi connectivity index (χ0) is 21.7. The van der Waals surface area contributed by atoms with Gasteiger partial charge in [-0.05, 0) is 34.7 Å². The van der Waals surface area contributed by atoms with Crippen molar-refractivity contribution < 1.29 is 14.6 Å². The molecule has 3 heterocycles. The Hall–Kier alpha value is -3.38. The maximum atomic E-state index is 13.2. The number of aliphatic hydroxyl groups is 1. The van der Waals surface area contributed by atoms with Gasteiger partial charge in [0.1, 0.15) is 12.4 Å². The maximum Gasteiger partial charge on any atom is 0.410 e. The van der Waals surface area contributed by atoms with Crippen LogP contribution in [0, 0.1) is 0 Å². The summed E-state index contributed by atoms with van der Waals surface area (Å²) in [5.41, 5.74) is 5.83. The number of carbonyl (C=O) groups excluding carboxylic acids is 1. The largest absolute Gasteiger partial charge is 0.448 e. The molecule has 0 saturated carbocycles. The summed E-state index contributed by atoms with van der Waals surface area (Å²) >= 11 is 0. The number of hydrogen-bond acceptors (Lipinski definition) is 5. The van der Waals surface area contributed by atoms with Crippen LogP contribution in [-0.2, 0) is 11.3 Å². The number of nitrogens with zero attached hydrogens (tertiary/aromatic N) is 3. The van der Waals surface area contributed by atoms with Crippen molar-refractivity contribution in [2.24, 2.45) is 0 Å². The number of carbonyl (C=O) groups is 1. The van der Waals surface area contributed by atoms with Gasteiger partial charge in [-0.1, -0.05) is 54.6 Å². The van der Waals surface area contributed by atoms with E-state index in [1.54, 1.807) is 11.1 Å². The van der Waals surface area contributed by atoms with Crippen molar-refractivity contribution in [1.29, 1.82) is 0 Å². The molecule has 0 bridgehead atoms. The van der Waals surface area contributed by atoms with Gasteiger partial charge >= 0.3 is 6.09 Å². The van der Waals surface area contributed by atoms with Crippen LogP contribution in [0.25, 0.3) is 11.1 Å². The molecule has 6 heteroatoms. The lowest BCUT2D eigenvalue weighted by molar-refractivity contribution is 0.0948. The van der Waals surface area contributed by atoms with Gasteiger partial charge in [-0.2, -0.15) is 0 Å². The Kier molecular flexibility index (Phi) is 4.61. The van der Waals surface area contributed by atoms with Crippen LogP contribution >= 0.6 is 0 Å². The van der Waals surface area contributed by atoms with Gasteiger partial charge in [0.05, 0.1) is 18.7 Å². The molecule has 162 valence electrons. The Balaban J connectivity index is 1.23. The predicted octanol–water partition coefficient (Wildman–Crippen LogP) is 3.79. The van der Waals surface area contributed by atoms with Gasteiger partial charge in [-0.25, -0.2) is 9.78 Å². The number of fused-ring (bicyclic) bond motifs is 6. The minimum atomic E-state index is -0.405. The van der Waals surface area contributed by atoms with Crippen LogP contribution in [0.5, 0.6) is 0 Å².